The third-order valence-electron chi connectivity index (χ3n) is 4.72. The Hall–Kier alpha value is -2.63. The Morgan fingerprint density at radius 2 is 1.79 bits per heavy atom. The van der Waals surface area contributed by atoms with Crippen molar-refractivity contribution < 1.29 is 9.53 Å². The number of hydrogen-bond acceptors (Lipinski definition) is 4. The monoisotopic (exact) mass is 419 g/mol. The van der Waals surface area contributed by atoms with Crippen LogP contribution in [0.15, 0.2) is 71.6 Å². The van der Waals surface area contributed by atoms with Crippen molar-refractivity contribution >= 4 is 51.1 Å². The summed E-state index contributed by atoms with van der Waals surface area (Å²) in [4.78, 5) is 14.8. The van der Waals surface area contributed by atoms with Crippen LogP contribution in [0.4, 0.5) is 0 Å². The number of benzene rings is 3. The molecule has 0 unspecified atom stereocenters. The summed E-state index contributed by atoms with van der Waals surface area (Å²) in [6.07, 6.45) is 2.78. The third kappa shape index (κ3) is 4.52. The summed E-state index contributed by atoms with van der Waals surface area (Å²) in [7, 11) is 0. The Morgan fingerprint density at radius 3 is 2.55 bits per heavy atom. The fourth-order valence-corrected chi connectivity index (χ4v) is 4.53. The lowest BCUT2D eigenvalue weighted by Gasteiger charge is -2.11. The molecule has 0 atom stereocenters. The second-order valence-corrected chi connectivity index (χ2v) is 8.55. The van der Waals surface area contributed by atoms with E-state index in [2.05, 4.69) is 30.3 Å². The van der Waals surface area contributed by atoms with E-state index in [4.69, 9.17) is 17.0 Å². The fraction of sp³-hybridized carbons (Fsp3) is 0.167. The van der Waals surface area contributed by atoms with Gasteiger partial charge in [0.15, 0.2) is 0 Å². The molecule has 0 aromatic heterocycles. The van der Waals surface area contributed by atoms with Gasteiger partial charge in [-0.1, -0.05) is 79.4 Å². The Kier molecular flexibility index (Phi) is 5.97. The minimum atomic E-state index is -0.00141. The summed E-state index contributed by atoms with van der Waals surface area (Å²) in [5.74, 6) is 0.798. The van der Waals surface area contributed by atoms with Gasteiger partial charge in [0, 0.05) is 6.54 Å². The highest BCUT2D eigenvalue weighted by Gasteiger charge is 2.31. The Morgan fingerprint density at radius 1 is 1.03 bits per heavy atom. The fourth-order valence-electron chi connectivity index (χ4n) is 3.22. The van der Waals surface area contributed by atoms with Crippen molar-refractivity contribution in [2.45, 2.75) is 20.0 Å². The van der Waals surface area contributed by atoms with Crippen LogP contribution in [0.1, 0.15) is 24.5 Å². The molecule has 3 aromatic carbocycles. The molecule has 1 saturated heterocycles. The maximum Gasteiger partial charge on any atom is 0.266 e. The minimum absolute atomic E-state index is 0.00141. The highest BCUT2D eigenvalue weighted by Crippen LogP contribution is 2.32. The van der Waals surface area contributed by atoms with Crippen molar-refractivity contribution in [2.24, 2.45) is 0 Å². The van der Waals surface area contributed by atoms with E-state index in [0.29, 0.717) is 22.4 Å². The highest BCUT2D eigenvalue weighted by atomic mass is 32.2. The summed E-state index contributed by atoms with van der Waals surface area (Å²) in [5, 5.41) is 2.44. The lowest BCUT2D eigenvalue weighted by molar-refractivity contribution is -0.122. The van der Waals surface area contributed by atoms with E-state index in [9.17, 15) is 4.79 Å². The van der Waals surface area contributed by atoms with E-state index in [1.807, 2.05) is 49.4 Å². The van der Waals surface area contributed by atoms with Crippen molar-refractivity contribution in [1.82, 2.24) is 4.90 Å². The minimum Gasteiger partial charge on any atom is -0.489 e. The standard InChI is InChI=1S/C24H21NO2S2/c1-2-13-25-23(26)22(29-24(25)28)15-17-8-11-21(12-9-17)27-16-18-7-10-19-5-3-4-6-20(19)14-18/h3-12,14-15H,2,13,16H2,1H3/b22-15+. The SMILES string of the molecule is CCCN1C(=O)/C(=C\c2ccc(OCc3ccc4ccccc4c3)cc2)SC1=S. The molecule has 1 aliphatic rings. The van der Waals surface area contributed by atoms with Gasteiger partial charge in [-0.25, -0.2) is 0 Å². The van der Waals surface area contributed by atoms with Crippen LogP contribution in [0.2, 0.25) is 0 Å². The van der Waals surface area contributed by atoms with Gasteiger partial charge in [0.1, 0.15) is 16.7 Å². The first-order valence-electron chi connectivity index (χ1n) is 9.60. The van der Waals surface area contributed by atoms with Gasteiger partial charge in [0.05, 0.1) is 4.91 Å². The largest absolute Gasteiger partial charge is 0.489 e. The normalized spacial score (nSPS) is 15.5. The molecule has 0 spiro atoms. The van der Waals surface area contributed by atoms with Crippen LogP contribution in [0.5, 0.6) is 5.75 Å². The van der Waals surface area contributed by atoms with Crippen LogP contribution in [0.25, 0.3) is 16.8 Å². The predicted molar refractivity (Wildman–Crippen MR) is 125 cm³/mol. The van der Waals surface area contributed by atoms with E-state index >= 15 is 0 Å². The lowest BCUT2D eigenvalue weighted by Crippen LogP contribution is -2.28. The first-order chi connectivity index (χ1) is 14.1. The Labute approximate surface area is 180 Å². The molecule has 29 heavy (non-hydrogen) atoms. The molecule has 0 aliphatic carbocycles. The zero-order valence-electron chi connectivity index (χ0n) is 16.1. The Balaban J connectivity index is 1.41. The maximum atomic E-state index is 12.5. The topological polar surface area (TPSA) is 29.5 Å². The molecular formula is C24H21NO2S2. The first-order valence-corrected chi connectivity index (χ1v) is 10.8. The number of fused-ring (bicyclic) bond motifs is 1. The zero-order valence-corrected chi connectivity index (χ0v) is 17.8. The van der Waals surface area contributed by atoms with Gasteiger partial charge in [0.2, 0.25) is 0 Å². The molecule has 1 heterocycles. The molecule has 1 amide bonds. The summed E-state index contributed by atoms with van der Waals surface area (Å²) in [6.45, 7) is 3.22. The zero-order chi connectivity index (χ0) is 20.2. The second-order valence-electron chi connectivity index (χ2n) is 6.87. The summed E-state index contributed by atoms with van der Waals surface area (Å²) in [5.41, 5.74) is 2.09. The van der Waals surface area contributed by atoms with Gasteiger partial charge >= 0.3 is 0 Å². The van der Waals surface area contributed by atoms with Gasteiger partial charge in [-0.3, -0.25) is 9.69 Å². The first kappa shape index (κ1) is 19.7. The van der Waals surface area contributed by atoms with E-state index in [1.54, 1.807) is 4.90 Å². The number of nitrogens with zero attached hydrogens (tertiary/aromatic N) is 1. The molecule has 3 aromatic rings. The van der Waals surface area contributed by atoms with Crippen LogP contribution < -0.4 is 4.74 Å². The van der Waals surface area contributed by atoms with Crippen LogP contribution in [-0.4, -0.2) is 21.7 Å². The average molecular weight is 420 g/mol. The number of carbonyl (C=O) groups excluding carboxylic acids is 1. The quantitative estimate of drug-likeness (QED) is 0.360. The molecule has 4 rings (SSSR count). The van der Waals surface area contributed by atoms with Crippen molar-refractivity contribution in [3.05, 3.63) is 82.8 Å². The molecule has 5 heteroatoms. The smallest absolute Gasteiger partial charge is 0.266 e. The van der Waals surface area contributed by atoms with Crippen LogP contribution >= 0.6 is 24.0 Å². The number of hydrogen-bond donors (Lipinski definition) is 0. The van der Waals surface area contributed by atoms with Gasteiger partial charge in [-0.2, -0.15) is 0 Å². The van der Waals surface area contributed by atoms with E-state index in [0.717, 1.165) is 23.3 Å². The van der Waals surface area contributed by atoms with Crippen molar-refractivity contribution in [3.63, 3.8) is 0 Å². The van der Waals surface area contributed by atoms with Gasteiger partial charge in [-0.05, 0) is 52.6 Å². The van der Waals surface area contributed by atoms with E-state index < -0.39 is 0 Å². The van der Waals surface area contributed by atoms with Gasteiger partial charge < -0.3 is 4.74 Å². The number of thioether (sulfide) groups is 1. The molecule has 3 nitrogen and oxygen atoms in total. The van der Waals surface area contributed by atoms with Gasteiger partial charge in [0.25, 0.3) is 5.91 Å². The second kappa shape index (κ2) is 8.80. The Bertz CT molecular complexity index is 1090. The average Bonchev–Trinajstić information content (AvgIpc) is 3.01. The van der Waals surface area contributed by atoms with Crippen LogP contribution in [0.3, 0.4) is 0 Å². The predicted octanol–water partition coefficient (Wildman–Crippen LogP) is 6.03. The number of carbonyl (C=O) groups is 1. The molecule has 0 bridgehead atoms. The molecule has 1 fully saturated rings. The van der Waals surface area contributed by atoms with Gasteiger partial charge in [-0.15, -0.1) is 0 Å². The maximum absolute atomic E-state index is 12.5. The van der Waals surface area contributed by atoms with Crippen molar-refractivity contribution in [1.29, 1.82) is 0 Å². The molecular weight excluding hydrogens is 398 g/mol. The summed E-state index contributed by atoms with van der Waals surface area (Å²) >= 11 is 6.68. The summed E-state index contributed by atoms with van der Waals surface area (Å²) < 4.78 is 6.57. The molecule has 0 N–H and O–H groups in total. The van der Waals surface area contributed by atoms with Crippen LogP contribution in [0, 0.1) is 0 Å². The van der Waals surface area contributed by atoms with Crippen molar-refractivity contribution in [2.75, 3.05) is 6.54 Å². The molecule has 0 radical (unpaired) electrons. The highest BCUT2D eigenvalue weighted by molar-refractivity contribution is 8.26. The molecule has 146 valence electrons. The number of ether oxygens (including phenoxy) is 1. The number of thiocarbonyl (C=S) groups is 1. The lowest BCUT2D eigenvalue weighted by atomic mass is 10.1. The number of amides is 1. The van der Waals surface area contributed by atoms with Crippen LogP contribution in [-0.2, 0) is 11.4 Å². The van der Waals surface area contributed by atoms with E-state index in [1.165, 1.54) is 22.5 Å². The van der Waals surface area contributed by atoms with Crippen molar-refractivity contribution in [3.8, 4) is 5.75 Å². The molecule has 1 aliphatic heterocycles. The van der Waals surface area contributed by atoms with E-state index in [-0.39, 0.29) is 5.91 Å². The third-order valence-corrected chi connectivity index (χ3v) is 6.10. The molecule has 0 saturated carbocycles. The number of rotatable bonds is 6. The summed E-state index contributed by atoms with van der Waals surface area (Å²) in [6, 6.07) is 22.4.